The molecule has 0 amide bonds. The first-order valence-electron chi connectivity index (χ1n) is 11.4. The average Bonchev–Trinajstić information content (AvgIpc) is 2.93. The zero-order valence-corrected chi connectivity index (χ0v) is 19.5. The molecule has 0 radical (unpaired) electrons. The lowest BCUT2D eigenvalue weighted by Crippen LogP contribution is -1.98. The van der Waals surface area contributed by atoms with E-state index in [9.17, 15) is 0 Å². The van der Waals surface area contributed by atoms with Crippen LogP contribution in [0.5, 0.6) is 0 Å². The molecule has 0 aliphatic rings. The van der Waals surface area contributed by atoms with Crippen LogP contribution in [0.25, 0.3) is 55.8 Å². The Kier molecular flexibility index (Phi) is 5.53. The molecule has 0 unspecified atom stereocenters. The second kappa shape index (κ2) is 9.13. The van der Waals surface area contributed by atoms with E-state index in [1.807, 2.05) is 42.5 Å². The molecule has 6 rings (SSSR count). The van der Waals surface area contributed by atoms with Gasteiger partial charge in [-0.05, 0) is 62.8 Å². The van der Waals surface area contributed by atoms with Crippen LogP contribution in [0, 0.1) is 0 Å². The van der Waals surface area contributed by atoms with Gasteiger partial charge in [-0.3, -0.25) is 0 Å². The maximum absolute atomic E-state index is 6.42. The molecule has 4 heteroatoms. The van der Waals surface area contributed by atoms with Gasteiger partial charge in [0.1, 0.15) is 0 Å². The summed E-state index contributed by atoms with van der Waals surface area (Å²) in [5.41, 5.74) is 6.28. The minimum Gasteiger partial charge on any atom is -0.208 e. The summed E-state index contributed by atoms with van der Waals surface area (Å²) in [6, 6.07) is 41.4. The predicted molar refractivity (Wildman–Crippen MR) is 144 cm³/mol. The number of hydrogen-bond acceptors (Lipinski definition) is 3. The standard InChI is InChI=1S/C31H20ClN3/c32-31-34-29(25-16-9-15-23(18-25)21-10-3-1-4-11-21)33-30(35-31)26-19-24-14-7-8-17-27(24)28(20-26)22-12-5-2-6-13-22/h1-20H. The van der Waals surface area contributed by atoms with Crippen LogP contribution < -0.4 is 0 Å². The Morgan fingerprint density at radius 1 is 0.429 bits per heavy atom. The van der Waals surface area contributed by atoms with Gasteiger partial charge in [0.2, 0.25) is 5.28 Å². The van der Waals surface area contributed by atoms with Gasteiger partial charge >= 0.3 is 0 Å². The number of rotatable bonds is 4. The van der Waals surface area contributed by atoms with E-state index in [2.05, 4.69) is 88.8 Å². The molecule has 0 spiro atoms. The molecule has 0 aliphatic heterocycles. The summed E-state index contributed by atoms with van der Waals surface area (Å²) >= 11 is 6.42. The zero-order chi connectivity index (χ0) is 23.6. The number of benzene rings is 5. The highest BCUT2D eigenvalue weighted by Gasteiger charge is 2.13. The SMILES string of the molecule is Clc1nc(-c2cccc(-c3ccccc3)c2)nc(-c2cc(-c3ccccc3)c3ccccc3c2)n1. The lowest BCUT2D eigenvalue weighted by atomic mass is 9.95. The van der Waals surface area contributed by atoms with E-state index in [4.69, 9.17) is 16.6 Å². The third kappa shape index (κ3) is 4.30. The van der Waals surface area contributed by atoms with E-state index in [1.54, 1.807) is 0 Å². The van der Waals surface area contributed by atoms with Crippen LogP contribution in [0.2, 0.25) is 5.28 Å². The van der Waals surface area contributed by atoms with Crippen molar-refractivity contribution < 1.29 is 0 Å². The van der Waals surface area contributed by atoms with E-state index in [1.165, 1.54) is 5.39 Å². The molecule has 166 valence electrons. The van der Waals surface area contributed by atoms with Crippen molar-refractivity contribution in [2.45, 2.75) is 0 Å². The molecule has 0 fully saturated rings. The van der Waals surface area contributed by atoms with Crippen LogP contribution in [-0.2, 0) is 0 Å². The van der Waals surface area contributed by atoms with Crippen LogP contribution in [0.15, 0.2) is 121 Å². The smallest absolute Gasteiger partial charge is 0.208 e. The normalized spacial score (nSPS) is 11.0. The molecule has 0 bridgehead atoms. The Bertz CT molecular complexity index is 1650. The summed E-state index contributed by atoms with van der Waals surface area (Å²) < 4.78 is 0. The summed E-state index contributed by atoms with van der Waals surface area (Å²) in [5.74, 6) is 1.10. The number of aromatic nitrogens is 3. The molecule has 0 saturated carbocycles. The fraction of sp³-hybridized carbons (Fsp3) is 0. The summed E-state index contributed by atoms with van der Waals surface area (Å²) in [5, 5.41) is 2.47. The van der Waals surface area contributed by atoms with Gasteiger partial charge in [0.15, 0.2) is 11.6 Å². The van der Waals surface area contributed by atoms with Crippen molar-refractivity contribution in [3.8, 4) is 45.0 Å². The van der Waals surface area contributed by atoms with Crippen molar-refractivity contribution >= 4 is 22.4 Å². The molecular weight excluding hydrogens is 450 g/mol. The van der Waals surface area contributed by atoms with Crippen molar-refractivity contribution in [2.24, 2.45) is 0 Å². The fourth-order valence-corrected chi connectivity index (χ4v) is 4.53. The van der Waals surface area contributed by atoms with Gasteiger partial charge in [-0.25, -0.2) is 4.98 Å². The Balaban J connectivity index is 1.49. The van der Waals surface area contributed by atoms with E-state index < -0.39 is 0 Å². The number of nitrogens with zero attached hydrogens (tertiary/aromatic N) is 3. The van der Waals surface area contributed by atoms with Gasteiger partial charge in [-0.1, -0.05) is 103 Å². The van der Waals surface area contributed by atoms with Gasteiger partial charge in [-0.2, -0.15) is 9.97 Å². The van der Waals surface area contributed by atoms with E-state index in [-0.39, 0.29) is 5.28 Å². The third-order valence-corrected chi connectivity index (χ3v) is 6.21. The quantitative estimate of drug-likeness (QED) is 0.260. The predicted octanol–water partition coefficient (Wildman–Crippen LogP) is 8.35. The molecule has 1 heterocycles. The van der Waals surface area contributed by atoms with Crippen LogP contribution in [0.1, 0.15) is 0 Å². The Morgan fingerprint density at radius 3 is 1.80 bits per heavy atom. The average molecular weight is 470 g/mol. The van der Waals surface area contributed by atoms with Crippen LogP contribution >= 0.6 is 11.6 Å². The van der Waals surface area contributed by atoms with Crippen molar-refractivity contribution in [3.63, 3.8) is 0 Å². The first-order chi connectivity index (χ1) is 17.2. The van der Waals surface area contributed by atoms with Crippen LogP contribution in [0.3, 0.4) is 0 Å². The van der Waals surface area contributed by atoms with Crippen LogP contribution in [-0.4, -0.2) is 15.0 Å². The van der Waals surface area contributed by atoms with Gasteiger partial charge in [0, 0.05) is 11.1 Å². The molecule has 0 aliphatic carbocycles. The van der Waals surface area contributed by atoms with Crippen molar-refractivity contribution in [3.05, 3.63) is 127 Å². The molecule has 0 N–H and O–H groups in total. The van der Waals surface area contributed by atoms with E-state index in [0.29, 0.717) is 11.6 Å². The Hall–Kier alpha value is -4.34. The van der Waals surface area contributed by atoms with Crippen molar-refractivity contribution in [1.29, 1.82) is 0 Å². The minimum absolute atomic E-state index is 0.171. The molecule has 6 aromatic rings. The summed E-state index contributed by atoms with van der Waals surface area (Å²) in [6.07, 6.45) is 0. The highest BCUT2D eigenvalue weighted by Crippen LogP contribution is 2.34. The summed E-state index contributed by atoms with van der Waals surface area (Å²) in [7, 11) is 0. The monoisotopic (exact) mass is 469 g/mol. The molecule has 3 nitrogen and oxygen atoms in total. The molecule has 5 aromatic carbocycles. The molecule has 35 heavy (non-hydrogen) atoms. The highest BCUT2D eigenvalue weighted by molar-refractivity contribution is 6.28. The molecular formula is C31H20ClN3. The lowest BCUT2D eigenvalue weighted by Gasteiger charge is -2.11. The minimum atomic E-state index is 0.171. The summed E-state index contributed by atoms with van der Waals surface area (Å²) in [6.45, 7) is 0. The van der Waals surface area contributed by atoms with Crippen LogP contribution in [0.4, 0.5) is 0 Å². The number of fused-ring (bicyclic) bond motifs is 1. The summed E-state index contributed by atoms with van der Waals surface area (Å²) in [4.78, 5) is 13.8. The first kappa shape index (κ1) is 21.2. The number of hydrogen-bond donors (Lipinski definition) is 0. The third-order valence-electron chi connectivity index (χ3n) is 6.04. The van der Waals surface area contributed by atoms with E-state index in [0.717, 1.165) is 38.8 Å². The zero-order valence-electron chi connectivity index (χ0n) is 18.8. The van der Waals surface area contributed by atoms with E-state index >= 15 is 0 Å². The highest BCUT2D eigenvalue weighted by atomic mass is 35.5. The van der Waals surface area contributed by atoms with Crippen molar-refractivity contribution in [2.75, 3.05) is 0 Å². The second-order valence-corrected chi connectivity index (χ2v) is 8.65. The fourth-order valence-electron chi connectivity index (χ4n) is 4.37. The number of halogens is 1. The first-order valence-corrected chi connectivity index (χ1v) is 11.8. The van der Waals surface area contributed by atoms with Gasteiger partial charge < -0.3 is 0 Å². The largest absolute Gasteiger partial charge is 0.226 e. The van der Waals surface area contributed by atoms with Gasteiger partial charge in [0.05, 0.1) is 0 Å². The second-order valence-electron chi connectivity index (χ2n) is 8.31. The molecule has 1 aromatic heterocycles. The molecule has 0 saturated heterocycles. The maximum atomic E-state index is 6.42. The van der Waals surface area contributed by atoms with Gasteiger partial charge in [-0.15, -0.1) is 0 Å². The molecule has 0 atom stereocenters. The van der Waals surface area contributed by atoms with Gasteiger partial charge in [0.25, 0.3) is 0 Å². The Labute approximate surface area is 208 Å². The Morgan fingerprint density at radius 2 is 1.03 bits per heavy atom. The topological polar surface area (TPSA) is 38.7 Å². The van der Waals surface area contributed by atoms with Crippen molar-refractivity contribution in [1.82, 2.24) is 15.0 Å². The maximum Gasteiger partial charge on any atom is 0.226 e. The lowest BCUT2D eigenvalue weighted by molar-refractivity contribution is 1.07.